The number of aromatic nitrogens is 2. The number of carbonyl (C=O) groups is 4. The highest BCUT2D eigenvalue weighted by Gasteiger charge is 2.40. The smallest absolute Gasteiger partial charge is 0.336 e. The Hall–Kier alpha value is -4.80. The molecule has 0 spiro atoms. The maximum atomic E-state index is 13.0. The average molecular weight is 502 g/mol. The summed E-state index contributed by atoms with van der Waals surface area (Å²) in [6.45, 7) is 3.19. The molecular weight excluding hydrogens is 480 g/mol. The van der Waals surface area contributed by atoms with E-state index in [4.69, 9.17) is 14.1 Å². The number of fused-ring (bicyclic) bond motifs is 2. The molecular formula is C26H22N4O7. The summed E-state index contributed by atoms with van der Waals surface area (Å²) in [4.78, 5) is 52.9. The quantitative estimate of drug-likeness (QED) is 0.272. The third kappa shape index (κ3) is 3.75. The van der Waals surface area contributed by atoms with Crippen molar-refractivity contribution in [1.82, 2.24) is 20.1 Å². The third-order valence-corrected chi connectivity index (χ3v) is 6.61. The zero-order valence-electron chi connectivity index (χ0n) is 20.3. The maximum Gasteiger partial charge on any atom is 0.336 e. The molecule has 1 aromatic heterocycles. The second kappa shape index (κ2) is 9.34. The largest absolute Gasteiger partial charge is 0.493 e. The van der Waals surface area contributed by atoms with E-state index in [2.05, 4.69) is 10.3 Å². The van der Waals surface area contributed by atoms with Gasteiger partial charge in [-0.25, -0.2) is 9.42 Å². The fourth-order valence-corrected chi connectivity index (χ4v) is 4.82. The lowest BCUT2D eigenvalue weighted by molar-refractivity contribution is -0.136. The summed E-state index contributed by atoms with van der Waals surface area (Å²) in [5.41, 5.74) is 3.08. The van der Waals surface area contributed by atoms with Crippen LogP contribution >= 0.6 is 0 Å². The number of hydrogen-bond donors (Lipinski definition) is 0. The van der Waals surface area contributed by atoms with Crippen molar-refractivity contribution in [3.05, 3.63) is 81.9 Å². The molecule has 1 unspecified atom stereocenters. The van der Waals surface area contributed by atoms with E-state index in [-0.39, 0.29) is 24.5 Å². The number of methoxy groups -OCH3 is 1. The highest BCUT2D eigenvalue weighted by molar-refractivity contribution is 6.21. The minimum Gasteiger partial charge on any atom is -0.493 e. The molecule has 37 heavy (non-hydrogen) atoms. The lowest BCUT2D eigenvalue weighted by Crippen LogP contribution is -2.35. The first-order valence-corrected chi connectivity index (χ1v) is 11.4. The van der Waals surface area contributed by atoms with Crippen LogP contribution in [0.4, 0.5) is 0 Å². The summed E-state index contributed by atoms with van der Waals surface area (Å²) in [6, 6.07) is 11.8. The number of hydrogen-bond acceptors (Lipinski definition) is 9. The van der Waals surface area contributed by atoms with Crippen LogP contribution in [-0.4, -0.2) is 64.6 Å². The number of rotatable bonds is 7. The molecule has 5 rings (SSSR count). The van der Waals surface area contributed by atoms with Crippen LogP contribution in [0.5, 0.6) is 0 Å². The molecule has 0 radical (unpaired) electrons. The first-order valence-electron chi connectivity index (χ1n) is 11.4. The number of imide groups is 1. The van der Waals surface area contributed by atoms with Crippen LogP contribution in [-0.2, 0) is 19.1 Å². The SMILES string of the molecule is COC(=O)C1=C(C)N(C=O)C(C)=C(OCCN2C(=O)c3ccccc3C2=O)C1c1cccc2nonc12. The van der Waals surface area contributed by atoms with Gasteiger partial charge in [-0.3, -0.25) is 24.2 Å². The first-order chi connectivity index (χ1) is 17.9. The minimum absolute atomic E-state index is 0.0388. The van der Waals surface area contributed by atoms with Gasteiger partial charge in [-0.15, -0.1) is 0 Å². The number of allylic oxidation sites excluding steroid dienone is 3. The van der Waals surface area contributed by atoms with Crippen molar-refractivity contribution in [3.8, 4) is 0 Å². The lowest BCUT2D eigenvalue weighted by Gasteiger charge is -2.35. The maximum absolute atomic E-state index is 13.0. The fraction of sp³-hybridized carbons (Fsp3) is 0.231. The number of amides is 3. The van der Waals surface area contributed by atoms with Crippen molar-refractivity contribution in [2.24, 2.45) is 0 Å². The van der Waals surface area contributed by atoms with E-state index in [9.17, 15) is 19.2 Å². The van der Waals surface area contributed by atoms with Gasteiger partial charge in [-0.1, -0.05) is 24.3 Å². The van der Waals surface area contributed by atoms with Gasteiger partial charge in [-0.05, 0) is 47.9 Å². The van der Waals surface area contributed by atoms with E-state index in [1.807, 2.05) is 0 Å². The van der Waals surface area contributed by atoms with Crippen LogP contribution in [0.3, 0.4) is 0 Å². The van der Waals surface area contributed by atoms with Gasteiger partial charge in [-0.2, -0.15) is 0 Å². The van der Waals surface area contributed by atoms with Gasteiger partial charge in [0.15, 0.2) is 0 Å². The molecule has 2 aromatic carbocycles. The Balaban J connectivity index is 1.52. The van der Waals surface area contributed by atoms with Gasteiger partial charge in [0.2, 0.25) is 6.41 Å². The summed E-state index contributed by atoms with van der Waals surface area (Å²) in [5.74, 6) is -2.02. The molecule has 11 nitrogen and oxygen atoms in total. The van der Waals surface area contributed by atoms with E-state index in [1.54, 1.807) is 56.3 Å². The molecule has 0 aliphatic carbocycles. The minimum atomic E-state index is -0.818. The molecule has 0 saturated carbocycles. The summed E-state index contributed by atoms with van der Waals surface area (Å²) >= 11 is 0. The number of benzene rings is 2. The van der Waals surface area contributed by atoms with Crippen LogP contribution in [0.2, 0.25) is 0 Å². The van der Waals surface area contributed by atoms with Gasteiger partial charge in [0, 0.05) is 5.70 Å². The molecule has 3 aromatic rings. The van der Waals surface area contributed by atoms with Gasteiger partial charge < -0.3 is 9.47 Å². The van der Waals surface area contributed by atoms with Crippen LogP contribution in [0, 0.1) is 0 Å². The van der Waals surface area contributed by atoms with Gasteiger partial charge >= 0.3 is 5.97 Å². The molecule has 3 heterocycles. The number of carbonyl (C=O) groups excluding carboxylic acids is 4. The fourth-order valence-electron chi connectivity index (χ4n) is 4.82. The molecule has 1 atom stereocenters. The van der Waals surface area contributed by atoms with Crippen molar-refractivity contribution >= 4 is 35.2 Å². The standard InChI is InChI=1S/C26H22N4O7/c1-14-20(26(34)35-3)21(18-9-6-10-19-22(18)28-37-27-19)23(15(2)30(14)13-31)36-12-11-29-24(32)16-7-4-5-8-17(16)25(29)33/h4-10,13,21H,11-12H2,1-3H3. The summed E-state index contributed by atoms with van der Waals surface area (Å²) in [6.07, 6.45) is 0.579. The Labute approximate surface area is 210 Å². The van der Waals surface area contributed by atoms with E-state index >= 15 is 0 Å². The zero-order chi connectivity index (χ0) is 26.3. The Bertz CT molecular complexity index is 1480. The molecule has 0 bridgehead atoms. The number of ether oxygens (including phenoxy) is 2. The predicted molar refractivity (Wildman–Crippen MR) is 128 cm³/mol. The molecule has 0 saturated heterocycles. The Kier molecular flexibility index (Phi) is 6.04. The summed E-state index contributed by atoms with van der Waals surface area (Å²) in [7, 11) is 1.25. The first kappa shape index (κ1) is 23.9. The van der Waals surface area contributed by atoms with Crippen molar-refractivity contribution in [2.45, 2.75) is 19.8 Å². The van der Waals surface area contributed by atoms with Crippen LogP contribution < -0.4 is 0 Å². The average Bonchev–Trinajstić information content (AvgIpc) is 3.48. The van der Waals surface area contributed by atoms with Gasteiger partial charge in [0.25, 0.3) is 11.8 Å². The molecule has 3 amide bonds. The van der Waals surface area contributed by atoms with E-state index in [0.717, 1.165) is 4.90 Å². The Morgan fingerprint density at radius 3 is 2.38 bits per heavy atom. The van der Waals surface area contributed by atoms with E-state index < -0.39 is 23.7 Å². The van der Waals surface area contributed by atoms with Crippen molar-refractivity contribution < 1.29 is 33.3 Å². The van der Waals surface area contributed by atoms with Crippen molar-refractivity contribution in [2.75, 3.05) is 20.3 Å². The van der Waals surface area contributed by atoms with Crippen LogP contribution in [0.25, 0.3) is 11.0 Å². The molecule has 11 heteroatoms. The summed E-state index contributed by atoms with van der Waals surface area (Å²) in [5, 5.41) is 7.89. The Morgan fingerprint density at radius 1 is 1.03 bits per heavy atom. The molecule has 0 fully saturated rings. The number of esters is 1. The van der Waals surface area contributed by atoms with Gasteiger partial charge in [0.1, 0.15) is 23.4 Å². The zero-order valence-corrected chi connectivity index (χ0v) is 20.3. The second-order valence-electron chi connectivity index (χ2n) is 8.48. The van der Waals surface area contributed by atoms with Gasteiger partial charge in [0.05, 0.1) is 42.0 Å². The summed E-state index contributed by atoms with van der Waals surface area (Å²) < 4.78 is 16.1. The number of nitrogens with zero attached hydrogens (tertiary/aromatic N) is 4. The van der Waals surface area contributed by atoms with E-state index in [1.165, 1.54) is 12.0 Å². The van der Waals surface area contributed by atoms with E-state index in [0.29, 0.717) is 45.5 Å². The molecule has 0 N–H and O–H groups in total. The molecule has 2 aliphatic rings. The Morgan fingerprint density at radius 2 is 1.73 bits per heavy atom. The normalized spacial score (nSPS) is 17.5. The molecule has 2 aliphatic heterocycles. The highest BCUT2D eigenvalue weighted by Crippen LogP contribution is 2.44. The topological polar surface area (TPSA) is 132 Å². The molecule has 188 valence electrons. The van der Waals surface area contributed by atoms with Crippen molar-refractivity contribution in [1.29, 1.82) is 0 Å². The highest BCUT2D eigenvalue weighted by atomic mass is 16.6. The van der Waals surface area contributed by atoms with Crippen LogP contribution in [0.1, 0.15) is 46.0 Å². The second-order valence-corrected chi connectivity index (χ2v) is 8.48. The predicted octanol–water partition coefficient (Wildman–Crippen LogP) is 2.77. The third-order valence-electron chi connectivity index (χ3n) is 6.61. The lowest BCUT2D eigenvalue weighted by atomic mass is 9.83. The van der Waals surface area contributed by atoms with Crippen molar-refractivity contribution in [3.63, 3.8) is 0 Å². The monoisotopic (exact) mass is 502 g/mol. The van der Waals surface area contributed by atoms with Crippen LogP contribution in [0.15, 0.2) is 69.8 Å².